The normalized spacial score (nSPS) is 19.7. The molecule has 2 rings (SSSR count). The van der Waals surface area contributed by atoms with Crippen LogP contribution in [-0.4, -0.2) is 46.9 Å². The Bertz CT molecular complexity index is 415. The molecule has 1 aliphatic rings. The highest BCUT2D eigenvalue weighted by Gasteiger charge is 2.26. The van der Waals surface area contributed by atoms with Crippen LogP contribution in [0.4, 0.5) is 0 Å². The van der Waals surface area contributed by atoms with Gasteiger partial charge in [0.25, 0.3) is 0 Å². The third-order valence-electron chi connectivity index (χ3n) is 3.62. The van der Waals surface area contributed by atoms with Crippen LogP contribution in [-0.2, 0) is 16.1 Å². The van der Waals surface area contributed by atoms with Crippen LogP contribution in [0.15, 0.2) is 12.4 Å². The van der Waals surface area contributed by atoms with Crippen molar-refractivity contribution in [2.75, 3.05) is 20.3 Å². The molecule has 1 unspecified atom stereocenters. The van der Waals surface area contributed by atoms with Crippen molar-refractivity contribution in [2.45, 2.75) is 45.2 Å². The summed E-state index contributed by atoms with van der Waals surface area (Å²) in [7, 11) is 1.70. The molecule has 0 aromatic carbocycles. The first-order valence-electron chi connectivity index (χ1n) is 6.98. The molecule has 1 amide bonds. The summed E-state index contributed by atoms with van der Waals surface area (Å²) in [4.78, 5) is 14.3. The van der Waals surface area contributed by atoms with Gasteiger partial charge in [0, 0.05) is 32.8 Å². The van der Waals surface area contributed by atoms with Gasteiger partial charge in [-0.05, 0) is 31.7 Å². The molecule has 1 aromatic heterocycles. The van der Waals surface area contributed by atoms with Gasteiger partial charge in [0.1, 0.15) is 0 Å². The maximum absolute atomic E-state index is 12.3. The van der Waals surface area contributed by atoms with Crippen molar-refractivity contribution in [3.8, 4) is 0 Å². The topological polar surface area (TPSA) is 47.4 Å². The predicted octanol–water partition coefficient (Wildman–Crippen LogP) is 1.61. The molecule has 1 aliphatic heterocycles. The van der Waals surface area contributed by atoms with E-state index >= 15 is 0 Å². The van der Waals surface area contributed by atoms with Crippen molar-refractivity contribution in [3.63, 3.8) is 0 Å². The van der Waals surface area contributed by atoms with Crippen LogP contribution in [0.3, 0.4) is 0 Å². The number of aryl methyl sites for hydroxylation is 2. The molecular formula is C14H23N3O2. The van der Waals surface area contributed by atoms with Crippen LogP contribution in [0.1, 0.15) is 31.2 Å². The fourth-order valence-electron chi connectivity index (χ4n) is 2.64. The van der Waals surface area contributed by atoms with Gasteiger partial charge in [0.2, 0.25) is 5.91 Å². The number of amides is 1. The van der Waals surface area contributed by atoms with Crippen LogP contribution in [0.25, 0.3) is 0 Å². The lowest BCUT2D eigenvalue weighted by Gasteiger charge is -2.35. The van der Waals surface area contributed by atoms with Gasteiger partial charge < -0.3 is 9.64 Å². The third-order valence-corrected chi connectivity index (χ3v) is 3.62. The van der Waals surface area contributed by atoms with Crippen LogP contribution < -0.4 is 0 Å². The maximum atomic E-state index is 12.3. The number of methoxy groups -OCH3 is 1. The van der Waals surface area contributed by atoms with Crippen molar-refractivity contribution >= 4 is 5.91 Å². The summed E-state index contributed by atoms with van der Waals surface area (Å²) >= 11 is 0. The smallest absolute Gasteiger partial charge is 0.224 e. The molecule has 0 spiro atoms. The predicted molar refractivity (Wildman–Crippen MR) is 72.8 cm³/mol. The van der Waals surface area contributed by atoms with E-state index in [1.54, 1.807) is 7.11 Å². The number of likely N-dealkylation sites (tertiary alicyclic amines) is 1. The van der Waals surface area contributed by atoms with E-state index in [0.29, 0.717) is 19.6 Å². The zero-order valence-corrected chi connectivity index (χ0v) is 11.8. The van der Waals surface area contributed by atoms with E-state index in [1.807, 2.05) is 28.9 Å². The van der Waals surface area contributed by atoms with E-state index in [1.165, 1.54) is 6.42 Å². The molecule has 0 saturated carbocycles. The maximum Gasteiger partial charge on any atom is 0.224 e. The van der Waals surface area contributed by atoms with Gasteiger partial charge in [-0.1, -0.05) is 0 Å². The highest BCUT2D eigenvalue weighted by atomic mass is 16.5. The average Bonchev–Trinajstić information content (AvgIpc) is 2.83. The molecule has 1 aromatic rings. The van der Waals surface area contributed by atoms with Gasteiger partial charge in [-0.3, -0.25) is 9.48 Å². The lowest BCUT2D eigenvalue weighted by molar-refractivity contribution is -0.136. The quantitative estimate of drug-likeness (QED) is 0.812. The number of piperidine rings is 1. The van der Waals surface area contributed by atoms with Crippen LogP contribution in [0, 0.1) is 6.92 Å². The van der Waals surface area contributed by atoms with E-state index in [9.17, 15) is 4.79 Å². The van der Waals surface area contributed by atoms with E-state index < -0.39 is 0 Å². The van der Waals surface area contributed by atoms with Gasteiger partial charge >= 0.3 is 0 Å². The summed E-state index contributed by atoms with van der Waals surface area (Å²) in [6.45, 7) is 4.17. The standard InChI is InChI=1S/C14H23N3O2/c1-12-9-15-16(10-12)8-6-14(18)17-7-4-3-5-13(17)11-19-2/h9-10,13H,3-8,11H2,1-2H3. The minimum atomic E-state index is 0.218. The number of hydrogen-bond donors (Lipinski definition) is 0. The summed E-state index contributed by atoms with van der Waals surface area (Å²) in [6, 6.07) is 0.255. The van der Waals surface area contributed by atoms with E-state index in [-0.39, 0.29) is 11.9 Å². The summed E-state index contributed by atoms with van der Waals surface area (Å²) < 4.78 is 7.05. The fraction of sp³-hybridized carbons (Fsp3) is 0.714. The average molecular weight is 265 g/mol. The zero-order chi connectivity index (χ0) is 13.7. The van der Waals surface area contributed by atoms with Crippen molar-refractivity contribution in [1.82, 2.24) is 14.7 Å². The number of nitrogens with zero attached hydrogens (tertiary/aromatic N) is 3. The SMILES string of the molecule is COCC1CCCCN1C(=O)CCn1cc(C)cn1. The molecule has 1 saturated heterocycles. The fourth-order valence-corrected chi connectivity index (χ4v) is 2.64. The number of aromatic nitrogens is 2. The first-order valence-corrected chi connectivity index (χ1v) is 6.98. The van der Waals surface area contributed by atoms with E-state index in [2.05, 4.69) is 5.10 Å². The Morgan fingerprint density at radius 3 is 3.05 bits per heavy atom. The second-order valence-corrected chi connectivity index (χ2v) is 5.22. The number of hydrogen-bond acceptors (Lipinski definition) is 3. The number of carbonyl (C=O) groups is 1. The lowest BCUT2D eigenvalue weighted by Crippen LogP contribution is -2.46. The number of carbonyl (C=O) groups excluding carboxylic acids is 1. The Hall–Kier alpha value is -1.36. The van der Waals surface area contributed by atoms with E-state index in [4.69, 9.17) is 4.74 Å². The molecule has 5 nitrogen and oxygen atoms in total. The molecule has 106 valence electrons. The van der Waals surface area contributed by atoms with Crippen LogP contribution >= 0.6 is 0 Å². The summed E-state index contributed by atoms with van der Waals surface area (Å²) in [5.41, 5.74) is 1.13. The minimum Gasteiger partial charge on any atom is -0.383 e. The van der Waals surface area contributed by atoms with Crippen molar-refractivity contribution in [2.24, 2.45) is 0 Å². The summed E-state index contributed by atoms with van der Waals surface area (Å²) in [6.07, 6.45) is 7.65. The molecule has 0 radical (unpaired) electrons. The monoisotopic (exact) mass is 265 g/mol. The van der Waals surface area contributed by atoms with Gasteiger partial charge in [0.05, 0.1) is 18.8 Å². The Kier molecular flexibility index (Phi) is 4.96. The number of ether oxygens (including phenoxy) is 1. The molecule has 1 fully saturated rings. The molecule has 2 heterocycles. The molecule has 5 heteroatoms. The molecule has 19 heavy (non-hydrogen) atoms. The molecule has 0 N–H and O–H groups in total. The highest BCUT2D eigenvalue weighted by Crippen LogP contribution is 2.18. The Morgan fingerprint density at radius 1 is 1.53 bits per heavy atom. The minimum absolute atomic E-state index is 0.218. The van der Waals surface area contributed by atoms with Gasteiger partial charge in [0.15, 0.2) is 0 Å². The van der Waals surface area contributed by atoms with Crippen molar-refractivity contribution in [1.29, 1.82) is 0 Å². The Labute approximate surface area is 114 Å². The van der Waals surface area contributed by atoms with Gasteiger partial charge in [-0.25, -0.2) is 0 Å². The lowest BCUT2D eigenvalue weighted by atomic mass is 10.0. The first kappa shape index (κ1) is 14.1. The molecule has 0 bridgehead atoms. The van der Waals surface area contributed by atoms with Gasteiger partial charge in [-0.2, -0.15) is 5.10 Å². The van der Waals surface area contributed by atoms with E-state index in [0.717, 1.165) is 24.9 Å². The summed E-state index contributed by atoms with van der Waals surface area (Å²) in [5, 5.41) is 4.21. The molecule has 1 atom stereocenters. The molecule has 0 aliphatic carbocycles. The Morgan fingerprint density at radius 2 is 2.37 bits per heavy atom. The zero-order valence-electron chi connectivity index (χ0n) is 11.8. The Balaban J connectivity index is 1.86. The second kappa shape index (κ2) is 6.70. The van der Waals surface area contributed by atoms with Crippen LogP contribution in [0.2, 0.25) is 0 Å². The van der Waals surface area contributed by atoms with Crippen molar-refractivity contribution < 1.29 is 9.53 Å². The second-order valence-electron chi connectivity index (χ2n) is 5.22. The molecular weight excluding hydrogens is 242 g/mol. The number of rotatable bonds is 5. The van der Waals surface area contributed by atoms with Crippen molar-refractivity contribution in [3.05, 3.63) is 18.0 Å². The largest absolute Gasteiger partial charge is 0.383 e. The van der Waals surface area contributed by atoms with Gasteiger partial charge in [-0.15, -0.1) is 0 Å². The summed E-state index contributed by atoms with van der Waals surface area (Å²) in [5.74, 6) is 0.218. The van der Waals surface area contributed by atoms with Crippen LogP contribution in [0.5, 0.6) is 0 Å². The highest BCUT2D eigenvalue weighted by molar-refractivity contribution is 5.76. The third kappa shape index (κ3) is 3.80. The first-order chi connectivity index (χ1) is 9.20.